The van der Waals surface area contributed by atoms with Crippen molar-refractivity contribution >= 4 is 15.8 Å². The Morgan fingerprint density at radius 1 is 0.444 bits per heavy atom. The highest BCUT2D eigenvalue weighted by atomic mass is 31.1. The highest BCUT2D eigenvalue weighted by Crippen LogP contribution is 2.42. The molecular formula is C21H46O4P2. The van der Waals surface area contributed by atoms with E-state index in [-0.39, 0.29) is 15.8 Å². The van der Waals surface area contributed by atoms with Gasteiger partial charge < -0.3 is 18.9 Å². The van der Waals surface area contributed by atoms with Gasteiger partial charge in [-0.15, -0.1) is 15.8 Å². The molecule has 0 saturated carbocycles. The van der Waals surface area contributed by atoms with Crippen LogP contribution >= 0.6 is 15.8 Å². The third-order valence-corrected chi connectivity index (χ3v) is 9.77. The zero-order valence-electron chi connectivity index (χ0n) is 18.5. The second-order valence-electron chi connectivity index (χ2n) is 6.59. The fourth-order valence-corrected chi connectivity index (χ4v) is 7.87. The molecule has 4 nitrogen and oxygen atoms in total. The van der Waals surface area contributed by atoms with Gasteiger partial charge in [0.05, 0.1) is 26.4 Å². The molecule has 0 heterocycles. The summed E-state index contributed by atoms with van der Waals surface area (Å²) in [4.78, 5) is 0. The number of hydrogen-bond acceptors (Lipinski definition) is 4. The van der Waals surface area contributed by atoms with E-state index in [4.69, 9.17) is 18.9 Å². The molecule has 0 rings (SSSR count). The number of rotatable bonds is 22. The average molecular weight is 425 g/mol. The van der Waals surface area contributed by atoms with Gasteiger partial charge in [0.1, 0.15) is 0 Å². The van der Waals surface area contributed by atoms with Crippen LogP contribution in [-0.2, 0) is 18.9 Å². The van der Waals surface area contributed by atoms with Crippen molar-refractivity contribution in [2.75, 3.05) is 89.8 Å². The van der Waals surface area contributed by atoms with Gasteiger partial charge in [-0.2, -0.15) is 0 Å². The molecule has 0 saturated heterocycles. The van der Waals surface area contributed by atoms with Gasteiger partial charge in [-0.1, -0.05) is 19.8 Å². The third-order valence-electron chi connectivity index (χ3n) is 4.44. The molecule has 0 aromatic rings. The fraction of sp³-hybridized carbons (Fsp3) is 1.00. The van der Waals surface area contributed by atoms with Gasteiger partial charge in [0.2, 0.25) is 0 Å². The molecule has 0 radical (unpaired) electrons. The highest BCUT2D eigenvalue weighted by molar-refractivity contribution is 7.61. The second kappa shape index (κ2) is 23.0. The molecule has 0 aromatic carbocycles. The first-order valence-electron chi connectivity index (χ1n) is 11.0. The Morgan fingerprint density at radius 3 is 1.22 bits per heavy atom. The Hall–Kier alpha value is 0.700. The van der Waals surface area contributed by atoms with Crippen molar-refractivity contribution in [1.82, 2.24) is 0 Å². The van der Waals surface area contributed by atoms with E-state index in [0.717, 1.165) is 52.9 Å². The summed E-state index contributed by atoms with van der Waals surface area (Å²) >= 11 is 0. The maximum atomic E-state index is 5.88. The number of hydrogen-bond donors (Lipinski definition) is 0. The van der Waals surface area contributed by atoms with E-state index in [1.54, 1.807) is 0 Å². The van der Waals surface area contributed by atoms with Crippen LogP contribution in [0.1, 0.15) is 47.0 Å². The molecule has 1 unspecified atom stereocenters. The molecule has 0 aliphatic heterocycles. The lowest BCUT2D eigenvalue weighted by Gasteiger charge is -2.23. The lowest BCUT2D eigenvalue weighted by Crippen LogP contribution is -2.12. The molecule has 1 atom stereocenters. The summed E-state index contributed by atoms with van der Waals surface area (Å²) in [5, 5.41) is 0. The van der Waals surface area contributed by atoms with Crippen LogP contribution < -0.4 is 0 Å². The molecule has 0 aliphatic rings. The molecule has 0 aliphatic carbocycles. The summed E-state index contributed by atoms with van der Waals surface area (Å²) in [6, 6.07) is 0. The maximum Gasteiger partial charge on any atom is 0.0505 e. The van der Waals surface area contributed by atoms with Crippen molar-refractivity contribution in [3.63, 3.8) is 0 Å². The van der Waals surface area contributed by atoms with Gasteiger partial charge in [-0.3, -0.25) is 0 Å². The van der Waals surface area contributed by atoms with Crippen LogP contribution in [0.5, 0.6) is 0 Å². The highest BCUT2D eigenvalue weighted by Gasteiger charge is 2.13. The van der Waals surface area contributed by atoms with Gasteiger partial charge in [-0.25, -0.2) is 0 Å². The molecule has 164 valence electrons. The smallest absolute Gasteiger partial charge is 0.0505 e. The fourth-order valence-electron chi connectivity index (χ4n) is 2.72. The zero-order chi connectivity index (χ0) is 20.0. The summed E-state index contributed by atoms with van der Waals surface area (Å²) < 4.78 is 22.7. The molecule has 27 heavy (non-hydrogen) atoms. The van der Waals surface area contributed by atoms with Crippen LogP contribution in [0.4, 0.5) is 0 Å². The monoisotopic (exact) mass is 424 g/mol. The van der Waals surface area contributed by atoms with Crippen LogP contribution in [0, 0.1) is 0 Å². The SMILES string of the molecule is CCCCCOCCP(CCOCC)CCP(CCOCC)CCOCC. The van der Waals surface area contributed by atoms with Crippen LogP contribution in [0.25, 0.3) is 0 Å². The van der Waals surface area contributed by atoms with Crippen LogP contribution in [0.2, 0.25) is 0 Å². The summed E-state index contributed by atoms with van der Waals surface area (Å²) in [7, 11) is 0.0410. The molecule has 0 bridgehead atoms. The van der Waals surface area contributed by atoms with E-state index in [0.29, 0.717) is 0 Å². The van der Waals surface area contributed by atoms with E-state index in [9.17, 15) is 0 Å². The van der Waals surface area contributed by atoms with Crippen molar-refractivity contribution in [3.8, 4) is 0 Å². The Morgan fingerprint density at radius 2 is 0.852 bits per heavy atom. The van der Waals surface area contributed by atoms with Crippen LogP contribution in [0.15, 0.2) is 0 Å². The zero-order valence-corrected chi connectivity index (χ0v) is 20.3. The van der Waals surface area contributed by atoms with Gasteiger partial charge in [0.15, 0.2) is 0 Å². The number of ether oxygens (including phenoxy) is 4. The van der Waals surface area contributed by atoms with Crippen LogP contribution in [-0.4, -0.2) is 89.8 Å². The van der Waals surface area contributed by atoms with Gasteiger partial charge >= 0.3 is 0 Å². The quantitative estimate of drug-likeness (QED) is 0.175. The Labute approximate surface area is 171 Å². The first-order chi connectivity index (χ1) is 13.3. The van der Waals surface area contributed by atoms with Gasteiger partial charge in [0.25, 0.3) is 0 Å². The Bertz CT molecular complexity index is 273. The minimum atomic E-state index is 0.0181. The van der Waals surface area contributed by atoms with Crippen molar-refractivity contribution < 1.29 is 18.9 Å². The van der Waals surface area contributed by atoms with Gasteiger partial charge in [-0.05, 0) is 64.2 Å². The third kappa shape index (κ3) is 19.8. The lowest BCUT2D eigenvalue weighted by atomic mass is 10.3. The minimum absolute atomic E-state index is 0.0181. The van der Waals surface area contributed by atoms with E-state index in [2.05, 4.69) is 27.7 Å². The predicted molar refractivity (Wildman–Crippen MR) is 123 cm³/mol. The van der Waals surface area contributed by atoms with Crippen molar-refractivity contribution in [1.29, 1.82) is 0 Å². The predicted octanol–water partition coefficient (Wildman–Crippen LogP) is 5.27. The van der Waals surface area contributed by atoms with Gasteiger partial charge in [0, 0.05) is 26.4 Å². The van der Waals surface area contributed by atoms with E-state index >= 15 is 0 Å². The van der Waals surface area contributed by atoms with Crippen molar-refractivity contribution in [2.45, 2.75) is 47.0 Å². The summed E-state index contributed by atoms with van der Waals surface area (Å²) in [5.74, 6) is 0. The molecule has 0 fully saturated rings. The Balaban J connectivity index is 4.23. The second-order valence-corrected chi connectivity index (χ2v) is 12.0. The molecule has 6 heteroatoms. The molecule has 0 aromatic heterocycles. The largest absolute Gasteiger partial charge is 0.381 e. The first-order valence-corrected chi connectivity index (χ1v) is 14.8. The summed E-state index contributed by atoms with van der Waals surface area (Å²) in [6.07, 6.45) is 11.3. The summed E-state index contributed by atoms with van der Waals surface area (Å²) in [6.45, 7) is 15.5. The average Bonchev–Trinajstić information content (AvgIpc) is 2.68. The summed E-state index contributed by atoms with van der Waals surface area (Å²) in [5.41, 5.74) is 0. The number of unbranched alkanes of at least 4 members (excludes halogenated alkanes) is 2. The normalized spacial score (nSPS) is 12.8. The van der Waals surface area contributed by atoms with Crippen LogP contribution in [0.3, 0.4) is 0 Å². The van der Waals surface area contributed by atoms with E-state index in [1.165, 1.54) is 56.2 Å². The lowest BCUT2D eigenvalue weighted by molar-refractivity contribution is 0.144. The standard InChI is InChI=1S/C21H46O4P2/c1-5-9-10-11-25-15-19-27(18-14-24-8-4)21-20-26(16-12-22-6-2)17-13-23-7-3/h5-21H2,1-4H3. The maximum absolute atomic E-state index is 5.88. The molecular weight excluding hydrogens is 378 g/mol. The van der Waals surface area contributed by atoms with Crippen molar-refractivity contribution in [3.05, 3.63) is 0 Å². The molecule has 0 N–H and O–H groups in total. The van der Waals surface area contributed by atoms with E-state index < -0.39 is 0 Å². The minimum Gasteiger partial charge on any atom is -0.381 e. The molecule has 0 amide bonds. The van der Waals surface area contributed by atoms with E-state index in [1.807, 2.05) is 0 Å². The van der Waals surface area contributed by atoms with Crippen molar-refractivity contribution in [2.24, 2.45) is 0 Å². The molecule has 0 spiro atoms. The first kappa shape index (κ1) is 27.7. The topological polar surface area (TPSA) is 36.9 Å². The Kier molecular flexibility index (Phi) is 23.6.